The van der Waals surface area contributed by atoms with Gasteiger partial charge in [-0.25, -0.2) is 4.98 Å². The van der Waals surface area contributed by atoms with E-state index in [0.717, 1.165) is 25.9 Å². The molecule has 1 fully saturated rings. The number of halogens is 2. The maximum atomic E-state index is 11.7. The van der Waals surface area contributed by atoms with Gasteiger partial charge in [0.15, 0.2) is 5.82 Å². The maximum absolute atomic E-state index is 11.7. The fourth-order valence-corrected chi connectivity index (χ4v) is 1.68. The van der Waals surface area contributed by atoms with Crippen molar-refractivity contribution in [1.82, 2.24) is 15.3 Å². The van der Waals surface area contributed by atoms with Crippen LogP contribution in [0.15, 0.2) is 12.4 Å². The first-order valence-electron chi connectivity index (χ1n) is 4.62. The van der Waals surface area contributed by atoms with Crippen molar-refractivity contribution < 1.29 is 4.79 Å². The zero-order valence-corrected chi connectivity index (χ0v) is 11.7. The third-order valence-electron chi connectivity index (χ3n) is 2.44. The minimum Gasteiger partial charge on any atom is -0.342 e. The van der Waals surface area contributed by atoms with Crippen LogP contribution >= 0.6 is 34.0 Å². The van der Waals surface area contributed by atoms with Crippen LogP contribution in [0.25, 0.3) is 0 Å². The van der Waals surface area contributed by atoms with Crippen LogP contribution in [0, 0.1) is 5.92 Å². The summed E-state index contributed by atoms with van der Waals surface area (Å²) in [5.41, 5.74) is 0. The zero-order chi connectivity index (χ0) is 9.10. The summed E-state index contributed by atoms with van der Waals surface area (Å²) < 4.78 is 0. The van der Waals surface area contributed by atoms with Crippen molar-refractivity contribution in [2.24, 2.45) is 5.92 Å². The summed E-state index contributed by atoms with van der Waals surface area (Å²) in [5, 5.41) is 3.23. The number of imidazole rings is 1. The first-order valence-corrected chi connectivity index (χ1v) is 4.62. The lowest BCUT2D eigenvalue weighted by atomic mass is 9.93. The average molecular weight is 341 g/mol. The molecule has 1 aliphatic rings. The quantitative estimate of drug-likeness (QED) is 0.806. The maximum Gasteiger partial charge on any atom is 0.201 e. The van der Waals surface area contributed by atoms with Crippen LogP contribution in [0.3, 0.4) is 0 Å². The second-order valence-electron chi connectivity index (χ2n) is 3.33. The van der Waals surface area contributed by atoms with Gasteiger partial charge in [-0.2, -0.15) is 0 Å². The predicted molar refractivity (Wildman–Crippen MR) is 69.2 cm³/mol. The van der Waals surface area contributed by atoms with E-state index >= 15 is 0 Å². The summed E-state index contributed by atoms with van der Waals surface area (Å²) in [6.07, 6.45) is 5.17. The summed E-state index contributed by atoms with van der Waals surface area (Å²) in [6, 6.07) is 0. The van der Waals surface area contributed by atoms with Crippen LogP contribution in [0.5, 0.6) is 0 Å². The summed E-state index contributed by atoms with van der Waals surface area (Å²) in [6.45, 7) is 1.88. The van der Waals surface area contributed by atoms with Gasteiger partial charge in [-0.15, -0.1) is 34.0 Å². The minimum absolute atomic E-state index is 0. The van der Waals surface area contributed by atoms with Gasteiger partial charge in [0.2, 0.25) is 5.78 Å². The second-order valence-corrected chi connectivity index (χ2v) is 3.33. The Morgan fingerprint density at radius 1 is 1.33 bits per heavy atom. The number of Topliss-reactive ketones (excluding diaryl/α,β-unsaturated/α-hetero) is 1. The van der Waals surface area contributed by atoms with Gasteiger partial charge in [-0.05, 0) is 25.9 Å². The van der Waals surface area contributed by atoms with Crippen molar-refractivity contribution in [2.75, 3.05) is 13.1 Å². The standard InChI is InChI=1S/C9H13N3O.2BrH/c13-8(9-11-5-6-12-9)7-1-3-10-4-2-7;;/h5-7,10H,1-4H2,(H,11,12);2*1H. The van der Waals surface area contributed by atoms with Crippen LogP contribution in [0.1, 0.15) is 23.5 Å². The van der Waals surface area contributed by atoms with Crippen molar-refractivity contribution >= 4 is 39.7 Å². The third-order valence-corrected chi connectivity index (χ3v) is 2.44. The van der Waals surface area contributed by atoms with Gasteiger partial charge in [-0.1, -0.05) is 0 Å². The molecule has 0 amide bonds. The number of piperidine rings is 1. The number of nitrogens with zero attached hydrogens (tertiary/aromatic N) is 1. The van der Waals surface area contributed by atoms with Crippen LogP contribution in [-0.4, -0.2) is 28.8 Å². The van der Waals surface area contributed by atoms with E-state index in [1.54, 1.807) is 12.4 Å². The predicted octanol–water partition coefficient (Wildman–Crippen LogP) is 1.75. The van der Waals surface area contributed by atoms with Crippen LogP contribution < -0.4 is 5.32 Å². The van der Waals surface area contributed by atoms with Crippen LogP contribution in [-0.2, 0) is 0 Å². The molecule has 2 N–H and O–H groups in total. The van der Waals surface area contributed by atoms with Gasteiger partial charge >= 0.3 is 0 Å². The van der Waals surface area contributed by atoms with Crippen molar-refractivity contribution in [2.45, 2.75) is 12.8 Å². The molecule has 1 aromatic heterocycles. The Morgan fingerprint density at radius 2 is 2.00 bits per heavy atom. The molecule has 0 radical (unpaired) electrons. The molecular formula is C9H15Br2N3O. The van der Waals surface area contributed by atoms with E-state index in [-0.39, 0.29) is 45.7 Å². The molecule has 1 aromatic rings. The molecule has 86 valence electrons. The number of aromatic amines is 1. The largest absolute Gasteiger partial charge is 0.342 e. The zero-order valence-electron chi connectivity index (χ0n) is 8.23. The highest BCUT2D eigenvalue weighted by atomic mass is 79.9. The number of aromatic nitrogens is 2. The van der Waals surface area contributed by atoms with E-state index in [9.17, 15) is 4.79 Å². The van der Waals surface area contributed by atoms with Gasteiger partial charge in [0.05, 0.1) is 0 Å². The Hall–Kier alpha value is -0.200. The number of H-pyrrole nitrogens is 1. The fraction of sp³-hybridized carbons (Fsp3) is 0.556. The van der Waals surface area contributed by atoms with E-state index in [1.165, 1.54) is 0 Å². The van der Waals surface area contributed by atoms with Gasteiger partial charge in [0.1, 0.15) is 0 Å². The summed E-state index contributed by atoms with van der Waals surface area (Å²) in [7, 11) is 0. The SMILES string of the molecule is Br.Br.O=C(c1ncc[nH]1)C1CCNCC1. The average Bonchev–Trinajstić information content (AvgIpc) is 2.71. The summed E-state index contributed by atoms with van der Waals surface area (Å²) in [5.74, 6) is 0.825. The molecule has 1 aliphatic heterocycles. The van der Waals surface area contributed by atoms with E-state index < -0.39 is 0 Å². The number of hydrogen-bond acceptors (Lipinski definition) is 3. The molecule has 6 heteroatoms. The van der Waals surface area contributed by atoms with Gasteiger partial charge < -0.3 is 10.3 Å². The topological polar surface area (TPSA) is 57.8 Å². The Labute approximate surface area is 110 Å². The number of ketones is 1. The highest BCUT2D eigenvalue weighted by Crippen LogP contribution is 2.15. The lowest BCUT2D eigenvalue weighted by molar-refractivity contribution is 0.0885. The second kappa shape index (κ2) is 7.14. The molecular weight excluding hydrogens is 326 g/mol. The van der Waals surface area contributed by atoms with Gasteiger partial charge in [-0.3, -0.25) is 4.79 Å². The third kappa shape index (κ3) is 3.70. The summed E-state index contributed by atoms with van der Waals surface area (Å²) in [4.78, 5) is 18.6. The molecule has 0 saturated carbocycles. The number of carbonyl (C=O) groups excluding carboxylic acids is 1. The number of nitrogens with one attached hydrogen (secondary N) is 2. The number of carbonyl (C=O) groups is 1. The molecule has 2 rings (SSSR count). The normalized spacial score (nSPS) is 16.3. The van der Waals surface area contributed by atoms with Crippen molar-refractivity contribution in [3.63, 3.8) is 0 Å². The number of rotatable bonds is 2. The van der Waals surface area contributed by atoms with Crippen molar-refractivity contribution in [3.05, 3.63) is 18.2 Å². The first-order chi connectivity index (χ1) is 6.38. The van der Waals surface area contributed by atoms with Crippen molar-refractivity contribution in [3.8, 4) is 0 Å². The van der Waals surface area contributed by atoms with E-state index in [0.29, 0.717) is 5.82 Å². The Kier molecular flexibility index (Phi) is 7.04. The van der Waals surface area contributed by atoms with E-state index in [2.05, 4.69) is 15.3 Å². The van der Waals surface area contributed by atoms with E-state index in [1.807, 2.05) is 0 Å². The molecule has 0 unspecified atom stereocenters. The lowest BCUT2D eigenvalue weighted by Crippen LogP contribution is -2.32. The van der Waals surface area contributed by atoms with Crippen LogP contribution in [0.4, 0.5) is 0 Å². The summed E-state index contributed by atoms with van der Waals surface area (Å²) >= 11 is 0. The Balaban J connectivity index is 0.000000980. The monoisotopic (exact) mass is 339 g/mol. The molecule has 15 heavy (non-hydrogen) atoms. The van der Waals surface area contributed by atoms with E-state index in [4.69, 9.17) is 0 Å². The molecule has 1 saturated heterocycles. The molecule has 4 nitrogen and oxygen atoms in total. The lowest BCUT2D eigenvalue weighted by Gasteiger charge is -2.20. The Bertz CT molecular complexity index is 284. The number of hydrogen-bond donors (Lipinski definition) is 2. The molecule has 2 heterocycles. The molecule has 0 atom stereocenters. The first kappa shape index (κ1) is 14.8. The van der Waals surface area contributed by atoms with Gasteiger partial charge in [0.25, 0.3) is 0 Å². The van der Waals surface area contributed by atoms with Gasteiger partial charge in [0, 0.05) is 18.3 Å². The molecule has 0 aliphatic carbocycles. The van der Waals surface area contributed by atoms with Crippen LogP contribution in [0.2, 0.25) is 0 Å². The fourth-order valence-electron chi connectivity index (χ4n) is 1.68. The highest BCUT2D eigenvalue weighted by Gasteiger charge is 2.23. The smallest absolute Gasteiger partial charge is 0.201 e. The molecule has 0 spiro atoms. The molecule has 0 bridgehead atoms. The van der Waals surface area contributed by atoms with Crippen molar-refractivity contribution in [1.29, 1.82) is 0 Å². The minimum atomic E-state index is 0. The molecule has 0 aromatic carbocycles. The highest BCUT2D eigenvalue weighted by molar-refractivity contribution is 8.93. The Morgan fingerprint density at radius 3 is 2.53 bits per heavy atom.